The maximum atomic E-state index is 12.9. The van der Waals surface area contributed by atoms with Crippen molar-refractivity contribution in [3.05, 3.63) is 59.8 Å². The molecule has 0 fully saturated rings. The summed E-state index contributed by atoms with van der Waals surface area (Å²) in [5.41, 5.74) is 6.79. The first-order chi connectivity index (χ1) is 14.5. The fraction of sp³-hybridized carbons (Fsp3) is 0.150. The van der Waals surface area contributed by atoms with Crippen LogP contribution in [0.5, 0.6) is 11.5 Å². The van der Waals surface area contributed by atoms with Crippen LogP contribution >= 0.6 is 11.7 Å². The van der Waals surface area contributed by atoms with Gasteiger partial charge in [0.1, 0.15) is 11.7 Å². The predicted octanol–water partition coefficient (Wildman–Crippen LogP) is 1.33. The number of benzene rings is 2. The summed E-state index contributed by atoms with van der Waals surface area (Å²) < 4.78 is 19.1. The number of hydrogen-bond donors (Lipinski definition) is 2. The summed E-state index contributed by atoms with van der Waals surface area (Å²) in [5.74, 6) is -1.66. The first-order valence-corrected chi connectivity index (χ1v) is 9.67. The molecule has 0 spiro atoms. The Kier molecular flexibility index (Phi) is 5.40. The molecular weight excluding hydrogens is 408 g/mol. The number of carbonyl (C=O) groups is 3. The van der Waals surface area contributed by atoms with E-state index < -0.39 is 23.6 Å². The second kappa shape index (κ2) is 8.29. The summed E-state index contributed by atoms with van der Waals surface area (Å²) in [6.45, 7) is 0.0672. The highest BCUT2D eigenvalue weighted by molar-refractivity contribution is 6.99. The van der Waals surface area contributed by atoms with Gasteiger partial charge in [0.25, 0.3) is 11.8 Å². The van der Waals surface area contributed by atoms with Crippen molar-refractivity contribution >= 4 is 29.3 Å². The van der Waals surface area contributed by atoms with Crippen LogP contribution in [0.3, 0.4) is 0 Å². The number of amides is 2. The standard InChI is InChI=1S/C20H16N4O5S/c21-19(26)17(25)13(9-11-5-2-1-3-6-11)22-20(27)16-15(23-30-24-16)12-7-4-8-14-18(12)29-10-28-14/h1-8,13H,9-10H2,(H2,21,26)(H,22,27). The van der Waals surface area contributed by atoms with Gasteiger partial charge in [0.15, 0.2) is 17.2 Å². The third-order valence-corrected chi connectivity index (χ3v) is 5.03. The van der Waals surface area contributed by atoms with Crippen LogP contribution in [0.4, 0.5) is 0 Å². The minimum atomic E-state index is -1.13. The van der Waals surface area contributed by atoms with E-state index >= 15 is 0 Å². The highest BCUT2D eigenvalue weighted by Gasteiger charge is 2.30. The van der Waals surface area contributed by atoms with Crippen molar-refractivity contribution in [1.82, 2.24) is 14.1 Å². The highest BCUT2D eigenvalue weighted by atomic mass is 32.1. The summed E-state index contributed by atoms with van der Waals surface area (Å²) >= 11 is 0.847. The lowest BCUT2D eigenvalue weighted by molar-refractivity contribution is -0.137. The molecule has 0 saturated heterocycles. The normalized spacial score (nSPS) is 12.9. The molecule has 10 heteroatoms. The van der Waals surface area contributed by atoms with Gasteiger partial charge in [0, 0.05) is 12.0 Å². The Hall–Kier alpha value is -3.79. The average Bonchev–Trinajstić information content (AvgIpc) is 3.42. The average molecular weight is 424 g/mol. The van der Waals surface area contributed by atoms with Gasteiger partial charge in [-0.1, -0.05) is 36.4 Å². The highest BCUT2D eigenvalue weighted by Crippen LogP contribution is 2.41. The van der Waals surface area contributed by atoms with Gasteiger partial charge in [0.05, 0.1) is 11.7 Å². The SMILES string of the molecule is NC(=O)C(=O)C(Cc1ccccc1)NC(=O)c1nsnc1-c1cccc2c1OCO2. The van der Waals surface area contributed by atoms with Crippen molar-refractivity contribution in [3.63, 3.8) is 0 Å². The molecule has 30 heavy (non-hydrogen) atoms. The van der Waals surface area contributed by atoms with E-state index in [0.717, 1.165) is 17.3 Å². The lowest BCUT2D eigenvalue weighted by Gasteiger charge is -2.16. The minimum Gasteiger partial charge on any atom is -0.454 e. The molecule has 0 radical (unpaired) electrons. The van der Waals surface area contributed by atoms with Crippen molar-refractivity contribution in [2.45, 2.75) is 12.5 Å². The minimum absolute atomic E-state index is 0.0132. The molecule has 0 aliphatic carbocycles. The van der Waals surface area contributed by atoms with E-state index in [2.05, 4.69) is 14.1 Å². The van der Waals surface area contributed by atoms with Crippen molar-refractivity contribution in [1.29, 1.82) is 0 Å². The third-order valence-electron chi connectivity index (χ3n) is 4.50. The van der Waals surface area contributed by atoms with E-state index in [4.69, 9.17) is 15.2 Å². The summed E-state index contributed by atoms with van der Waals surface area (Å²) in [7, 11) is 0. The largest absolute Gasteiger partial charge is 0.454 e. The maximum Gasteiger partial charge on any atom is 0.287 e. The Morgan fingerprint density at radius 3 is 2.63 bits per heavy atom. The Morgan fingerprint density at radius 2 is 1.87 bits per heavy atom. The molecule has 152 valence electrons. The molecule has 1 unspecified atom stereocenters. The smallest absolute Gasteiger partial charge is 0.287 e. The van der Waals surface area contributed by atoms with Crippen molar-refractivity contribution in [3.8, 4) is 22.8 Å². The number of fused-ring (bicyclic) bond motifs is 1. The summed E-state index contributed by atoms with van der Waals surface area (Å²) in [6, 6.07) is 13.1. The van der Waals surface area contributed by atoms with E-state index in [9.17, 15) is 14.4 Å². The molecule has 2 amide bonds. The molecule has 0 bridgehead atoms. The first-order valence-electron chi connectivity index (χ1n) is 8.94. The number of para-hydroxylation sites is 1. The first kappa shape index (κ1) is 19.5. The quantitative estimate of drug-likeness (QED) is 0.547. The molecule has 0 saturated carbocycles. The number of Topliss-reactive ketones (excluding diaryl/α,β-unsaturated/α-hetero) is 1. The molecule has 1 atom stereocenters. The molecule has 1 aliphatic rings. The van der Waals surface area contributed by atoms with Gasteiger partial charge in [-0.05, 0) is 17.7 Å². The van der Waals surface area contributed by atoms with E-state index in [1.165, 1.54) is 0 Å². The van der Waals surface area contributed by atoms with Crippen LogP contribution in [0.2, 0.25) is 0 Å². The monoisotopic (exact) mass is 424 g/mol. The molecule has 1 aliphatic heterocycles. The molecule has 9 nitrogen and oxygen atoms in total. The molecule has 3 N–H and O–H groups in total. The number of nitrogens with zero attached hydrogens (tertiary/aromatic N) is 2. The van der Waals surface area contributed by atoms with E-state index in [1.807, 2.05) is 6.07 Å². The van der Waals surface area contributed by atoms with Crippen molar-refractivity contribution in [2.24, 2.45) is 5.73 Å². The molecule has 3 aromatic rings. The van der Waals surface area contributed by atoms with Gasteiger partial charge in [0.2, 0.25) is 12.6 Å². The number of nitrogens with one attached hydrogen (secondary N) is 1. The number of ether oxygens (including phenoxy) is 2. The lowest BCUT2D eigenvalue weighted by atomic mass is 10.0. The Morgan fingerprint density at radius 1 is 1.07 bits per heavy atom. The van der Waals surface area contributed by atoms with Gasteiger partial charge >= 0.3 is 0 Å². The van der Waals surface area contributed by atoms with E-state index in [-0.39, 0.29) is 18.9 Å². The second-order valence-corrected chi connectivity index (χ2v) is 6.97. The van der Waals surface area contributed by atoms with Crippen molar-refractivity contribution < 1.29 is 23.9 Å². The number of rotatable bonds is 7. The van der Waals surface area contributed by atoms with Crippen LogP contribution in [0.1, 0.15) is 16.1 Å². The van der Waals surface area contributed by atoms with Gasteiger partial charge in [-0.2, -0.15) is 8.75 Å². The Bertz CT molecular complexity index is 1120. The topological polar surface area (TPSA) is 134 Å². The van der Waals surface area contributed by atoms with Crippen LogP contribution < -0.4 is 20.5 Å². The van der Waals surface area contributed by atoms with Gasteiger partial charge in [-0.15, -0.1) is 0 Å². The van der Waals surface area contributed by atoms with Gasteiger partial charge in [-0.3, -0.25) is 14.4 Å². The number of ketones is 1. The van der Waals surface area contributed by atoms with Crippen LogP contribution in [-0.4, -0.2) is 39.2 Å². The van der Waals surface area contributed by atoms with Gasteiger partial charge in [-0.25, -0.2) is 0 Å². The van der Waals surface area contributed by atoms with E-state index in [0.29, 0.717) is 22.8 Å². The zero-order chi connectivity index (χ0) is 21.1. The third kappa shape index (κ3) is 3.85. The number of aromatic nitrogens is 2. The van der Waals surface area contributed by atoms with Crippen LogP contribution in [-0.2, 0) is 16.0 Å². The summed E-state index contributed by atoms with van der Waals surface area (Å²) in [6.07, 6.45) is 0.110. The van der Waals surface area contributed by atoms with Gasteiger partial charge < -0.3 is 20.5 Å². The molecule has 2 heterocycles. The molecule has 4 rings (SSSR count). The molecular formula is C20H16N4O5S. The summed E-state index contributed by atoms with van der Waals surface area (Å²) in [5, 5.41) is 2.57. The second-order valence-electron chi connectivity index (χ2n) is 6.45. The number of carbonyl (C=O) groups excluding carboxylic acids is 3. The Labute approximate surface area is 175 Å². The number of hydrogen-bond acceptors (Lipinski definition) is 8. The number of primary amides is 1. The zero-order valence-corrected chi connectivity index (χ0v) is 16.3. The maximum absolute atomic E-state index is 12.9. The number of nitrogens with two attached hydrogens (primary N) is 1. The molecule has 1 aromatic heterocycles. The van der Waals surface area contributed by atoms with E-state index in [1.54, 1.807) is 42.5 Å². The summed E-state index contributed by atoms with van der Waals surface area (Å²) in [4.78, 5) is 36.7. The van der Waals surface area contributed by atoms with Crippen molar-refractivity contribution in [2.75, 3.05) is 6.79 Å². The molecule has 2 aromatic carbocycles. The van der Waals surface area contributed by atoms with Crippen LogP contribution in [0.15, 0.2) is 48.5 Å². The zero-order valence-electron chi connectivity index (χ0n) is 15.5. The fourth-order valence-corrected chi connectivity index (χ4v) is 3.65. The van der Waals surface area contributed by atoms with Crippen LogP contribution in [0, 0.1) is 0 Å². The Balaban J connectivity index is 1.61. The van der Waals surface area contributed by atoms with Crippen LogP contribution in [0.25, 0.3) is 11.3 Å². The fourth-order valence-electron chi connectivity index (χ4n) is 3.09. The predicted molar refractivity (Wildman–Crippen MR) is 107 cm³/mol. The lowest BCUT2D eigenvalue weighted by Crippen LogP contribution is -2.47.